The quantitative estimate of drug-likeness (QED) is 0.617. The fraction of sp³-hybridized carbons (Fsp3) is 0.808. The predicted octanol–water partition coefficient (Wildman–Crippen LogP) is 4.81. The molecule has 1 aromatic heterocycles. The van der Waals surface area contributed by atoms with Gasteiger partial charge in [-0.25, -0.2) is 12.8 Å². The molecule has 184 valence electrons. The van der Waals surface area contributed by atoms with Crippen molar-refractivity contribution in [3.63, 3.8) is 0 Å². The van der Waals surface area contributed by atoms with E-state index in [9.17, 15) is 17.9 Å². The van der Waals surface area contributed by atoms with E-state index < -0.39 is 22.1 Å². The van der Waals surface area contributed by atoms with Crippen molar-refractivity contribution in [1.29, 1.82) is 0 Å². The first kappa shape index (κ1) is 23.5. The van der Waals surface area contributed by atoms with Crippen molar-refractivity contribution in [2.24, 2.45) is 40.9 Å². The van der Waals surface area contributed by atoms with Gasteiger partial charge in [-0.1, -0.05) is 19.1 Å². The van der Waals surface area contributed by atoms with Crippen LogP contribution in [0.25, 0.3) is 0 Å². The Hall–Kier alpha value is -1.21. The molecule has 0 radical (unpaired) electrons. The molecule has 4 aliphatic rings. The van der Waals surface area contributed by atoms with Crippen LogP contribution < -0.4 is 0 Å². The van der Waals surface area contributed by atoms with Crippen molar-refractivity contribution in [3.05, 3.63) is 24.5 Å². The van der Waals surface area contributed by atoms with Crippen molar-refractivity contribution in [1.82, 2.24) is 9.78 Å². The van der Waals surface area contributed by atoms with E-state index >= 15 is 0 Å². The lowest BCUT2D eigenvalue weighted by atomic mass is 9.48. The highest BCUT2D eigenvalue weighted by atomic mass is 32.2. The summed E-state index contributed by atoms with van der Waals surface area (Å²) in [6.07, 6.45) is 13.7. The molecule has 1 N–H and O–H groups in total. The third-order valence-corrected chi connectivity index (χ3v) is 11.3. The lowest BCUT2D eigenvalue weighted by Crippen LogP contribution is -2.51. The fourth-order valence-corrected chi connectivity index (χ4v) is 9.25. The van der Waals surface area contributed by atoms with E-state index in [2.05, 4.69) is 18.6 Å². The minimum Gasteiger partial charge on any atom is -0.387 e. The highest BCUT2D eigenvalue weighted by molar-refractivity contribution is 7.90. The Morgan fingerprint density at radius 2 is 1.94 bits per heavy atom. The van der Waals surface area contributed by atoms with Crippen LogP contribution in [-0.2, 0) is 16.4 Å². The van der Waals surface area contributed by atoms with Gasteiger partial charge in [0.25, 0.3) is 0 Å². The topological polar surface area (TPSA) is 72.2 Å². The zero-order valence-corrected chi connectivity index (χ0v) is 20.9. The molecule has 1 aromatic rings. The van der Waals surface area contributed by atoms with Crippen molar-refractivity contribution >= 4 is 9.84 Å². The SMILES string of the molecule is C=C(Cn1cc(S(C)(=O)=O)cn1)[C@H]1CC[C@H]2[C@@H]3CC[C@@H]4C[C@@](O)(CF)CC[C@@H]4[C@H]3CC[C@]12C. The van der Waals surface area contributed by atoms with E-state index in [1.54, 1.807) is 10.9 Å². The van der Waals surface area contributed by atoms with E-state index in [4.69, 9.17) is 0 Å². The van der Waals surface area contributed by atoms with Gasteiger partial charge in [0.05, 0.1) is 18.3 Å². The van der Waals surface area contributed by atoms with Crippen LogP contribution in [0, 0.1) is 40.9 Å². The molecule has 7 heteroatoms. The summed E-state index contributed by atoms with van der Waals surface area (Å²) >= 11 is 0. The highest BCUT2D eigenvalue weighted by Crippen LogP contribution is 2.65. The Morgan fingerprint density at radius 3 is 2.64 bits per heavy atom. The van der Waals surface area contributed by atoms with E-state index in [1.165, 1.54) is 43.7 Å². The molecule has 4 saturated carbocycles. The first-order valence-electron chi connectivity index (χ1n) is 12.7. The summed E-state index contributed by atoms with van der Waals surface area (Å²) in [4.78, 5) is 0.259. The molecular formula is C26H39FN2O3S. The molecule has 1 heterocycles. The molecule has 33 heavy (non-hydrogen) atoms. The second kappa shape index (κ2) is 8.18. The van der Waals surface area contributed by atoms with E-state index in [-0.39, 0.29) is 10.3 Å². The molecule has 0 unspecified atom stereocenters. The molecule has 0 saturated heterocycles. The van der Waals surface area contributed by atoms with Gasteiger partial charge in [-0.05, 0) is 98.7 Å². The molecule has 0 aliphatic heterocycles. The summed E-state index contributed by atoms with van der Waals surface area (Å²) in [6, 6.07) is 0. The lowest BCUT2D eigenvalue weighted by molar-refractivity contribution is -0.110. The van der Waals surface area contributed by atoms with Gasteiger partial charge in [-0.15, -0.1) is 0 Å². The second-order valence-electron chi connectivity index (χ2n) is 12.0. The number of fused-ring (bicyclic) bond motifs is 5. The average molecular weight is 479 g/mol. The van der Waals surface area contributed by atoms with Crippen LogP contribution in [0.15, 0.2) is 29.4 Å². The Kier molecular flexibility index (Phi) is 5.83. The largest absolute Gasteiger partial charge is 0.387 e. The molecule has 5 rings (SSSR count). The zero-order chi connectivity index (χ0) is 23.6. The summed E-state index contributed by atoms with van der Waals surface area (Å²) in [7, 11) is -3.25. The van der Waals surface area contributed by atoms with Gasteiger partial charge in [0.15, 0.2) is 9.84 Å². The molecule has 0 amide bonds. The normalized spacial score (nSPS) is 42.9. The molecule has 4 aliphatic carbocycles. The van der Waals surface area contributed by atoms with Gasteiger partial charge in [0.2, 0.25) is 0 Å². The Balaban J connectivity index is 1.29. The average Bonchev–Trinajstić information content (AvgIpc) is 3.37. The minimum absolute atomic E-state index is 0.242. The van der Waals surface area contributed by atoms with Crippen molar-refractivity contribution in [3.8, 4) is 0 Å². The van der Waals surface area contributed by atoms with Gasteiger partial charge in [-0.2, -0.15) is 5.10 Å². The summed E-state index contributed by atoms with van der Waals surface area (Å²) in [5.74, 6) is 3.74. The Morgan fingerprint density at radius 1 is 1.18 bits per heavy atom. The third kappa shape index (κ3) is 4.01. The lowest BCUT2D eigenvalue weighted by Gasteiger charge is -2.57. The molecule has 4 fully saturated rings. The third-order valence-electron chi connectivity index (χ3n) is 10.2. The van der Waals surface area contributed by atoms with Crippen LogP contribution in [-0.4, -0.2) is 41.8 Å². The first-order valence-corrected chi connectivity index (χ1v) is 14.6. The monoisotopic (exact) mass is 478 g/mol. The van der Waals surface area contributed by atoms with E-state index in [1.807, 2.05) is 0 Å². The Bertz CT molecular complexity index is 1020. The molecule has 0 spiro atoms. The number of hydrogen-bond acceptors (Lipinski definition) is 4. The maximum absolute atomic E-state index is 13.4. The summed E-state index contributed by atoms with van der Waals surface area (Å²) in [6.45, 7) is 6.90. The molecule has 0 aromatic carbocycles. The van der Waals surface area contributed by atoms with Crippen LogP contribution >= 0.6 is 0 Å². The Labute approximate surface area is 197 Å². The van der Waals surface area contributed by atoms with Crippen LogP contribution in [0.3, 0.4) is 0 Å². The van der Waals surface area contributed by atoms with Crippen molar-refractivity contribution < 1.29 is 17.9 Å². The molecule has 0 bridgehead atoms. The summed E-state index contributed by atoms with van der Waals surface area (Å²) in [5.41, 5.74) is 0.337. The fourth-order valence-electron chi connectivity index (χ4n) is 8.70. The van der Waals surface area contributed by atoms with Gasteiger partial charge in [-0.3, -0.25) is 4.68 Å². The summed E-state index contributed by atoms with van der Waals surface area (Å²) in [5, 5.41) is 14.8. The van der Waals surface area contributed by atoms with Crippen LogP contribution in [0.4, 0.5) is 4.39 Å². The standard InChI is InChI=1S/C26H39FN2O3S/c1-17(14-29-15-19(13-28-29)33(3,31)32)23-6-7-24-22-5-4-18-12-26(30,16-27)11-9-20(18)21(22)8-10-25(23,24)2/h13,15,18,20-24,30H,1,4-12,14,16H2,2-3H3/t18-,20+,21-,22-,23-,24+,25-,26-/m1/s1. The zero-order valence-electron chi connectivity index (χ0n) is 20.0. The van der Waals surface area contributed by atoms with E-state index in [0.717, 1.165) is 31.1 Å². The smallest absolute Gasteiger partial charge is 0.178 e. The molecule has 5 nitrogen and oxygen atoms in total. The van der Waals surface area contributed by atoms with Crippen LogP contribution in [0.5, 0.6) is 0 Å². The number of sulfone groups is 1. The van der Waals surface area contributed by atoms with Crippen molar-refractivity contribution in [2.45, 2.75) is 81.8 Å². The maximum Gasteiger partial charge on any atom is 0.178 e. The molecule has 8 atom stereocenters. The number of alkyl halides is 1. The van der Waals surface area contributed by atoms with E-state index in [0.29, 0.717) is 43.1 Å². The number of rotatable bonds is 5. The van der Waals surface area contributed by atoms with Gasteiger partial charge < -0.3 is 5.11 Å². The number of aliphatic hydroxyl groups is 1. The number of aromatic nitrogens is 2. The van der Waals surface area contributed by atoms with Crippen LogP contribution in [0.1, 0.15) is 64.7 Å². The second-order valence-corrected chi connectivity index (χ2v) is 14.0. The van der Waals surface area contributed by atoms with Gasteiger partial charge in [0, 0.05) is 12.5 Å². The summed E-state index contributed by atoms with van der Waals surface area (Å²) < 4.78 is 38.8. The minimum atomic E-state index is -3.25. The van der Waals surface area contributed by atoms with Crippen LogP contribution in [0.2, 0.25) is 0 Å². The number of allylic oxidation sites excluding steroid dienone is 1. The number of halogens is 1. The van der Waals surface area contributed by atoms with Gasteiger partial charge in [0.1, 0.15) is 11.6 Å². The number of hydrogen-bond donors (Lipinski definition) is 1. The first-order chi connectivity index (χ1) is 15.5. The predicted molar refractivity (Wildman–Crippen MR) is 126 cm³/mol. The van der Waals surface area contributed by atoms with Gasteiger partial charge >= 0.3 is 0 Å². The number of nitrogens with zero attached hydrogens (tertiary/aromatic N) is 2. The van der Waals surface area contributed by atoms with Crippen molar-refractivity contribution in [2.75, 3.05) is 12.9 Å². The highest BCUT2D eigenvalue weighted by Gasteiger charge is 2.58. The maximum atomic E-state index is 13.4. The molecular weight excluding hydrogens is 439 g/mol.